The van der Waals surface area contributed by atoms with Crippen LogP contribution in [0.1, 0.15) is 48.2 Å². The van der Waals surface area contributed by atoms with E-state index < -0.39 is 5.82 Å². The maximum atomic E-state index is 13.8. The zero-order valence-corrected chi connectivity index (χ0v) is 22.8. The van der Waals surface area contributed by atoms with Gasteiger partial charge in [0.15, 0.2) is 0 Å². The Morgan fingerprint density at radius 1 is 1.20 bits per heavy atom. The van der Waals surface area contributed by atoms with Crippen LogP contribution in [0.2, 0.25) is 0 Å². The molecule has 2 fully saturated rings. The topological polar surface area (TPSA) is 95.5 Å². The Labute approximate surface area is 232 Å². The molecule has 1 aliphatic carbocycles. The molecule has 1 aromatic carbocycles. The molecule has 1 saturated heterocycles. The third-order valence-electron chi connectivity index (χ3n) is 8.26. The number of carbonyl (C=O) groups excluding carboxylic acids is 1. The standard InChI is InChI=1S/C31H31FN6O2/c1-4-40-25-10-27(29-23(13-33)15-35-38(29)18-25)20-6-8-28(34-14-20)37-16-21-11-31(3,12-22(21)17-37)36-30(39)26-9-24(32)7-5-19(26)2/h5-10,14-15,18,21-22H,4,11-12,16-17H2,1-3H3,(H,36,39)/t21-,22+,31+. The van der Waals surface area contributed by atoms with Crippen molar-refractivity contribution < 1.29 is 13.9 Å². The third-order valence-corrected chi connectivity index (χ3v) is 8.26. The number of halogens is 1. The van der Waals surface area contributed by atoms with E-state index in [2.05, 4.69) is 28.3 Å². The first kappa shape index (κ1) is 25.8. The molecule has 6 rings (SSSR count). The number of fused-ring (bicyclic) bond motifs is 2. The summed E-state index contributed by atoms with van der Waals surface area (Å²) < 4.78 is 21.2. The average molecular weight is 539 g/mol. The van der Waals surface area contributed by atoms with Crippen molar-refractivity contribution in [1.82, 2.24) is 19.9 Å². The van der Waals surface area contributed by atoms with Gasteiger partial charge in [0.05, 0.1) is 30.1 Å². The van der Waals surface area contributed by atoms with Crippen molar-refractivity contribution in [2.24, 2.45) is 11.8 Å². The molecule has 3 aromatic heterocycles. The SMILES string of the molecule is CCOc1cc(-c2ccc(N3C[C@@H]4C[C@@](C)(NC(=O)c5cc(F)ccc5C)C[C@@H]4C3)nc2)c2c(C#N)cnn2c1. The van der Waals surface area contributed by atoms with Crippen molar-refractivity contribution in [3.8, 4) is 22.9 Å². The summed E-state index contributed by atoms with van der Waals surface area (Å²) in [6, 6.07) is 12.5. The predicted octanol–water partition coefficient (Wildman–Crippen LogP) is 5.15. The number of aryl methyl sites for hydroxylation is 1. The first-order chi connectivity index (χ1) is 19.3. The van der Waals surface area contributed by atoms with Gasteiger partial charge < -0.3 is 15.0 Å². The molecule has 1 aliphatic heterocycles. The molecular formula is C31H31FN6O2. The highest BCUT2D eigenvalue weighted by Gasteiger charge is 2.47. The Morgan fingerprint density at radius 2 is 1.98 bits per heavy atom. The van der Waals surface area contributed by atoms with Crippen molar-refractivity contribution >= 4 is 17.2 Å². The van der Waals surface area contributed by atoms with Gasteiger partial charge >= 0.3 is 0 Å². The van der Waals surface area contributed by atoms with Gasteiger partial charge in [-0.05, 0) is 81.3 Å². The molecule has 4 heterocycles. The maximum absolute atomic E-state index is 13.8. The van der Waals surface area contributed by atoms with E-state index in [0.29, 0.717) is 35.3 Å². The third kappa shape index (κ3) is 4.64. The van der Waals surface area contributed by atoms with Crippen LogP contribution < -0.4 is 15.0 Å². The Kier molecular flexibility index (Phi) is 6.41. The van der Waals surface area contributed by atoms with Gasteiger partial charge in [0.1, 0.15) is 23.5 Å². The van der Waals surface area contributed by atoms with Crippen LogP contribution in [0.5, 0.6) is 5.75 Å². The van der Waals surface area contributed by atoms with Crippen molar-refractivity contribution in [3.63, 3.8) is 0 Å². The Morgan fingerprint density at radius 3 is 2.65 bits per heavy atom. The van der Waals surface area contributed by atoms with Gasteiger partial charge in [0, 0.05) is 41.5 Å². The monoisotopic (exact) mass is 538 g/mol. The van der Waals surface area contributed by atoms with Crippen molar-refractivity contribution in [3.05, 3.63) is 77.5 Å². The van der Waals surface area contributed by atoms with Gasteiger partial charge in [-0.15, -0.1) is 0 Å². The molecule has 0 unspecified atom stereocenters. The summed E-state index contributed by atoms with van der Waals surface area (Å²) >= 11 is 0. The number of nitrogens with one attached hydrogen (secondary N) is 1. The highest BCUT2D eigenvalue weighted by molar-refractivity contribution is 5.96. The van der Waals surface area contributed by atoms with Crippen LogP contribution in [0.15, 0.2) is 55.0 Å². The minimum atomic E-state index is -0.402. The first-order valence-electron chi connectivity index (χ1n) is 13.6. The number of nitrogens with zero attached hydrogens (tertiary/aromatic N) is 5. The predicted molar refractivity (Wildman–Crippen MR) is 150 cm³/mol. The van der Waals surface area contributed by atoms with Gasteiger partial charge in [0.25, 0.3) is 5.91 Å². The smallest absolute Gasteiger partial charge is 0.252 e. The van der Waals surface area contributed by atoms with Crippen LogP contribution >= 0.6 is 0 Å². The molecule has 0 spiro atoms. The number of carbonyl (C=O) groups is 1. The van der Waals surface area contributed by atoms with Gasteiger partial charge in [-0.1, -0.05) is 6.07 Å². The van der Waals surface area contributed by atoms with E-state index in [1.165, 1.54) is 12.1 Å². The van der Waals surface area contributed by atoms with E-state index in [-0.39, 0.29) is 11.4 Å². The normalized spacial score (nSPS) is 21.8. The Balaban J connectivity index is 1.16. The fraction of sp³-hybridized carbons (Fsp3) is 0.355. The molecule has 3 atom stereocenters. The molecule has 2 aliphatic rings. The zero-order valence-electron chi connectivity index (χ0n) is 22.8. The number of rotatable bonds is 6. The summed E-state index contributed by atoms with van der Waals surface area (Å²) in [5.41, 5.74) is 3.79. The molecule has 1 N–H and O–H groups in total. The van der Waals surface area contributed by atoms with Crippen molar-refractivity contribution in [2.75, 3.05) is 24.6 Å². The van der Waals surface area contributed by atoms with Gasteiger partial charge in [-0.25, -0.2) is 13.9 Å². The second-order valence-corrected chi connectivity index (χ2v) is 11.2. The molecule has 1 saturated carbocycles. The minimum Gasteiger partial charge on any atom is -0.492 e. The fourth-order valence-electron chi connectivity index (χ4n) is 6.49. The van der Waals surface area contributed by atoms with Crippen LogP contribution in [0, 0.1) is 35.9 Å². The minimum absolute atomic E-state index is 0.214. The molecular weight excluding hydrogens is 507 g/mol. The molecule has 0 radical (unpaired) electrons. The summed E-state index contributed by atoms with van der Waals surface area (Å²) in [6.45, 7) is 8.11. The second kappa shape index (κ2) is 9.94. The number of hydrogen-bond acceptors (Lipinski definition) is 6. The number of hydrogen-bond donors (Lipinski definition) is 1. The van der Waals surface area contributed by atoms with E-state index in [1.807, 2.05) is 38.2 Å². The summed E-state index contributed by atoms with van der Waals surface area (Å²) in [4.78, 5) is 20.1. The largest absolute Gasteiger partial charge is 0.492 e. The molecule has 9 heteroatoms. The van der Waals surface area contributed by atoms with E-state index in [0.717, 1.165) is 54.0 Å². The van der Waals surface area contributed by atoms with Crippen LogP contribution in [0.3, 0.4) is 0 Å². The van der Waals surface area contributed by atoms with E-state index >= 15 is 0 Å². The van der Waals surface area contributed by atoms with E-state index in [4.69, 9.17) is 9.72 Å². The van der Waals surface area contributed by atoms with Crippen molar-refractivity contribution in [2.45, 2.75) is 39.2 Å². The Hall–Kier alpha value is -4.45. The van der Waals surface area contributed by atoms with Gasteiger partial charge in [-0.2, -0.15) is 10.4 Å². The lowest BCUT2D eigenvalue weighted by Gasteiger charge is -2.29. The number of ether oxygens (including phenoxy) is 1. The van der Waals surface area contributed by atoms with Crippen LogP contribution in [0.4, 0.5) is 10.2 Å². The highest BCUT2D eigenvalue weighted by Crippen LogP contribution is 2.45. The number of aromatic nitrogens is 3. The molecule has 204 valence electrons. The lowest BCUT2D eigenvalue weighted by molar-refractivity contribution is 0.0903. The number of anilines is 1. The highest BCUT2D eigenvalue weighted by atomic mass is 19.1. The quantitative estimate of drug-likeness (QED) is 0.365. The Bertz CT molecular complexity index is 1630. The van der Waals surface area contributed by atoms with Crippen LogP contribution in [0.25, 0.3) is 16.6 Å². The van der Waals surface area contributed by atoms with Crippen molar-refractivity contribution in [1.29, 1.82) is 5.26 Å². The number of nitriles is 1. The number of benzene rings is 1. The molecule has 4 aromatic rings. The fourth-order valence-corrected chi connectivity index (χ4v) is 6.49. The number of amides is 1. The van der Waals surface area contributed by atoms with Gasteiger partial charge in [0.2, 0.25) is 0 Å². The summed E-state index contributed by atoms with van der Waals surface area (Å²) in [7, 11) is 0. The van der Waals surface area contributed by atoms with Crippen LogP contribution in [-0.4, -0.2) is 45.7 Å². The van der Waals surface area contributed by atoms with E-state index in [9.17, 15) is 14.4 Å². The maximum Gasteiger partial charge on any atom is 0.252 e. The summed E-state index contributed by atoms with van der Waals surface area (Å²) in [5.74, 6) is 1.84. The first-order valence-corrected chi connectivity index (χ1v) is 13.6. The van der Waals surface area contributed by atoms with E-state index in [1.54, 1.807) is 23.0 Å². The molecule has 40 heavy (non-hydrogen) atoms. The molecule has 1 amide bonds. The second-order valence-electron chi connectivity index (χ2n) is 11.2. The summed E-state index contributed by atoms with van der Waals surface area (Å²) in [6.07, 6.45) is 6.92. The lowest BCUT2D eigenvalue weighted by atomic mass is 9.96. The van der Waals surface area contributed by atoms with Gasteiger partial charge in [-0.3, -0.25) is 4.79 Å². The molecule has 8 nitrogen and oxygen atoms in total. The summed E-state index contributed by atoms with van der Waals surface area (Å²) in [5, 5.41) is 17.1. The lowest BCUT2D eigenvalue weighted by Crippen LogP contribution is -2.45. The van der Waals surface area contributed by atoms with Crippen LogP contribution in [-0.2, 0) is 0 Å². The average Bonchev–Trinajstić information content (AvgIpc) is 3.61. The molecule has 0 bridgehead atoms. The number of pyridine rings is 2. The zero-order chi connectivity index (χ0) is 28.0.